The fourth-order valence-electron chi connectivity index (χ4n) is 5.64. The first-order chi connectivity index (χ1) is 22.0. The second kappa shape index (κ2) is 14.1. The quantitative estimate of drug-likeness (QED) is 0.124. The first-order valence-corrected chi connectivity index (χ1v) is 15.0. The average molecular weight is 603 g/mol. The lowest BCUT2D eigenvalue weighted by atomic mass is 9.80. The van der Waals surface area contributed by atoms with E-state index in [-0.39, 0.29) is 5.97 Å². The number of carbonyl (C=O) groups excluding carboxylic acids is 1. The minimum absolute atomic E-state index is 0.317. The summed E-state index contributed by atoms with van der Waals surface area (Å²) in [7, 11) is 4.70. The van der Waals surface area contributed by atoms with Crippen molar-refractivity contribution in [2.24, 2.45) is 0 Å². The van der Waals surface area contributed by atoms with Gasteiger partial charge in [0.1, 0.15) is 29.5 Å². The number of carbonyl (C=O) groups is 1. The van der Waals surface area contributed by atoms with Crippen molar-refractivity contribution in [3.63, 3.8) is 0 Å². The molecule has 0 N–H and O–H groups in total. The number of fused-ring (bicyclic) bond motifs is 3. The van der Waals surface area contributed by atoms with Crippen molar-refractivity contribution in [2.45, 2.75) is 32.7 Å². The van der Waals surface area contributed by atoms with Gasteiger partial charge in [-0.2, -0.15) is 0 Å². The van der Waals surface area contributed by atoms with Gasteiger partial charge in [-0.1, -0.05) is 86.6 Å². The van der Waals surface area contributed by atoms with Crippen LogP contribution in [-0.2, 0) is 28.3 Å². The highest BCUT2D eigenvalue weighted by atomic mass is 16.5. The summed E-state index contributed by atoms with van der Waals surface area (Å²) in [5.41, 5.74) is 6.44. The number of benzene rings is 5. The molecule has 5 aromatic carbocycles. The lowest BCUT2D eigenvalue weighted by Crippen LogP contribution is -2.32. The van der Waals surface area contributed by atoms with E-state index >= 15 is 0 Å². The van der Waals surface area contributed by atoms with Gasteiger partial charge >= 0.3 is 5.97 Å². The van der Waals surface area contributed by atoms with Crippen LogP contribution < -0.4 is 14.2 Å². The Hall–Kier alpha value is -5.07. The topological polar surface area (TPSA) is 63.2 Å². The summed E-state index contributed by atoms with van der Waals surface area (Å²) < 4.78 is 29.0. The second-order valence-corrected chi connectivity index (χ2v) is 10.3. The summed E-state index contributed by atoms with van der Waals surface area (Å²) >= 11 is 0. The number of hydrogen-bond acceptors (Lipinski definition) is 6. The molecule has 0 radical (unpaired) electrons. The van der Waals surface area contributed by atoms with Gasteiger partial charge in [0.2, 0.25) is 0 Å². The minimum atomic E-state index is -0.923. The third kappa shape index (κ3) is 6.28. The molecule has 1 aliphatic rings. The highest BCUT2D eigenvalue weighted by Crippen LogP contribution is 2.43. The number of esters is 1. The Morgan fingerprint density at radius 2 is 1.27 bits per heavy atom. The molecule has 230 valence electrons. The maximum atomic E-state index is 12.0. The molecule has 0 aromatic heterocycles. The van der Waals surface area contributed by atoms with Gasteiger partial charge in [-0.25, -0.2) is 4.79 Å². The van der Waals surface area contributed by atoms with Crippen molar-refractivity contribution >= 4 is 5.97 Å². The normalized spacial score (nSPS) is 11.6. The molecule has 0 saturated heterocycles. The third-order valence-electron chi connectivity index (χ3n) is 7.87. The Morgan fingerprint density at radius 1 is 0.689 bits per heavy atom. The summed E-state index contributed by atoms with van der Waals surface area (Å²) in [6.07, 6.45) is 0. The SMILES string of the molecule is CC.COC(=O)c1ccc2c(c1)COc1cc(COC(c3ccccc3)(c3ccc(OC)cc3)c3ccc(OC)cc3)ccc1-2. The van der Waals surface area contributed by atoms with Crippen LogP contribution >= 0.6 is 0 Å². The van der Waals surface area contributed by atoms with Crippen LogP contribution in [0.4, 0.5) is 0 Å². The molecule has 0 saturated carbocycles. The van der Waals surface area contributed by atoms with Gasteiger partial charge in [-0.05, 0) is 75.8 Å². The van der Waals surface area contributed by atoms with E-state index in [2.05, 4.69) is 24.3 Å². The summed E-state index contributed by atoms with van der Waals surface area (Å²) in [4.78, 5) is 12.0. The van der Waals surface area contributed by atoms with Crippen molar-refractivity contribution in [3.8, 4) is 28.4 Å². The van der Waals surface area contributed by atoms with E-state index in [9.17, 15) is 4.79 Å². The van der Waals surface area contributed by atoms with Crippen molar-refractivity contribution in [1.29, 1.82) is 0 Å². The van der Waals surface area contributed by atoms with Gasteiger partial charge in [0.15, 0.2) is 0 Å². The molecule has 0 spiro atoms. The molecule has 1 heterocycles. The second-order valence-electron chi connectivity index (χ2n) is 10.3. The predicted octanol–water partition coefficient (Wildman–Crippen LogP) is 8.58. The highest BCUT2D eigenvalue weighted by molar-refractivity contribution is 5.91. The van der Waals surface area contributed by atoms with Crippen LogP contribution in [0.3, 0.4) is 0 Å². The van der Waals surface area contributed by atoms with Crippen LogP contribution in [0.15, 0.2) is 115 Å². The van der Waals surface area contributed by atoms with Gasteiger partial charge in [-0.3, -0.25) is 0 Å². The lowest BCUT2D eigenvalue weighted by Gasteiger charge is -2.36. The van der Waals surface area contributed by atoms with Crippen molar-refractivity contribution in [1.82, 2.24) is 0 Å². The van der Waals surface area contributed by atoms with Crippen molar-refractivity contribution in [3.05, 3.63) is 149 Å². The van der Waals surface area contributed by atoms with Crippen LogP contribution in [0.25, 0.3) is 11.1 Å². The first-order valence-electron chi connectivity index (χ1n) is 15.0. The molecule has 6 heteroatoms. The molecule has 5 aromatic rings. The maximum Gasteiger partial charge on any atom is 0.337 e. The van der Waals surface area contributed by atoms with Gasteiger partial charge in [0.05, 0.1) is 33.5 Å². The van der Waals surface area contributed by atoms with Gasteiger partial charge in [-0.15, -0.1) is 0 Å². The molecule has 6 rings (SSSR count). The number of methoxy groups -OCH3 is 3. The van der Waals surface area contributed by atoms with Crippen LogP contribution in [0.2, 0.25) is 0 Å². The maximum absolute atomic E-state index is 12.0. The fourth-order valence-corrected chi connectivity index (χ4v) is 5.64. The molecular formula is C39H38O6. The molecule has 0 atom stereocenters. The summed E-state index contributed by atoms with van der Waals surface area (Å²) in [5, 5.41) is 0. The van der Waals surface area contributed by atoms with Crippen molar-refractivity contribution < 1.29 is 28.5 Å². The van der Waals surface area contributed by atoms with Crippen LogP contribution in [0.5, 0.6) is 17.2 Å². The summed E-state index contributed by atoms with van der Waals surface area (Å²) in [6.45, 7) is 4.68. The zero-order valence-corrected chi connectivity index (χ0v) is 26.3. The lowest BCUT2D eigenvalue weighted by molar-refractivity contribution is 0.000106. The van der Waals surface area contributed by atoms with E-state index in [0.717, 1.165) is 56.2 Å². The molecule has 0 amide bonds. The van der Waals surface area contributed by atoms with E-state index in [4.69, 9.17) is 23.7 Å². The van der Waals surface area contributed by atoms with Gasteiger partial charge in [0, 0.05) is 5.56 Å². The van der Waals surface area contributed by atoms with E-state index < -0.39 is 5.60 Å². The largest absolute Gasteiger partial charge is 0.497 e. The average Bonchev–Trinajstić information content (AvgIpc) is 3.12. The standard InChI is InChI=1S/C37H32O6.C2H6/c1-39-31-15-11-29(12-16-31)37(28-7-5-4-6-8-28,30-13-17-32(40-2)18-14-30)43-23-25-9-19-34-33-20-10-26(36(38)41-3)22-27(33)24-42-35(34)21-25;1-2/h4-22H,23-24H2,1-3H3;1-2H3. The summed E-state index contributed by atoms with van der Waals surface area (Å²) in [5.74, 6) is 1.95. The molecule has 0 unspecified atom stereocenters. The Kier molecular flexibility index (Phi) is 9.86. The van der Waals surface area contributed by atoms with E-state index in [1.807, 2.05) is 98.8 Å². The Labute approximate surface area is 265 Å². The molecule has 45 heavy (non-hydrogen) atoms. The Bertz CT molecular complexity index is 1680. The zero-order valence-electron chi connectivity index (χ0n) is 26.3. The van der Waals surface area contributed by atoms with Gasteiger partial charge < -0.3 is 23.7 Å². The van der Waals surface area contributed by atoms with Gasteiger partial charge in [0.25, 0.3) is 0 Å². The molecule has 0 aliphatic carbocycles. The summed E-state index contributed by atoms with van der Waals surface area (Å²) in [6, 6.07) is 37.9. The number of ether oxygens (including phenoxy) is 5. The highest BCUT2D eigenvalue weighted by Gasteiger charge is 2.38. The molecule has 0 fully saturated rings. The first kappa shape index (κ1) is 31.4. The van der Waals surface area contributed by atoms with Crippen LogP contribution in [-0.4, -0.2) is 27.3 Å². The third-order valence-corrected chi connectivity index (χ3v) is 7.87. The number of hydrogen-bond donors (Lipinski definition) is 0. The van der Waals surface area contributed by atoms with Crippen molar-refractivity contribution in [2.75, 3.05) is 21.3 Å². The monoisotopic (exact) mass is 602 g/mol. The molecule has 6 nitrogen and oxygen atoms in total. The predicted molar refractivity (Wildman–Crippen MR) is 176 cm³/mol. The van der Waals surface area contributed by atoms with Crippen LogP contribution in [0.1, 0.15) is 52.0 Å². The van der Waals surface area contributed by atoms with E-state index in [1.165, 1.54) is 7.11 Å². The number of rotatable bonds is 9. The zero-order chi connectivity index (χ0) is 31.8. The Morgan fingerprint density at radius 3 is 1.84 bits per heavy atom. The Balaban J connectivity index is 0.00000196. The molecule has 1 aliphatic heterocycles. The smallest absolute Gasteiger partial charge is 0.337 e. The molecular weight excluding hydrogens is 564 g/mol. The minimum Gasteiger partial charge on any atom is -0.497 e. The fraction of sp³-hybridized carbons (Fsp3) is 0.205. The van der Waals surface area contributed by atoms with E-state index in [1.54, 1.807) is 20.3 Å². The molecule has 0 bridgehead atoms. The van der Waals surface area contributed by atoms with E-state index in [0.29, 0.717) is 18.8 Å². The van der Waals surface area contributed by atoms with Crippen LogP contribution in [0, 0.1) is 0 Å².